The maximum absolute atomic E-state index is 12.8. The summed E-state index contributed by atoms with van der Waals surface area (Å²) in [6.07, 6.45) is -4.54. The zero-order valence-electron chi connectivity index (χ0n) is 10.9. The van der Waals surface area contributed by atoms with E-state index in [4.69, 9.17) is 17.0 Å². The molecule has 8 heteroatoms. The van der Waals surface area contributed by atoms with E-state index in [1.54, 1.807) is 4.90 Å². The summed E-state index contributed by atoms with van der Waals surface area (Å²) < 4.78 is 43.7. The highest BCUT2D eigenvalue weighted by Gasteiger charge is 2.34. The third-order valence-corrected chi connectivity index (χ3v) is 3.42. The van der Waals surface area contributed by atoms with Crippen LogP contribution in [0, 0.1) is 0 Å². The number of carbonyl (C=O) groups is 1. The van der Waals surface area contributed by atoms with E-state index in [-0.39, 0.29) is 10.7 Å². The van der Waals surface area contributed by atoms with E-state index >= 15 is 0 Å². The predicted molar refractivity (Wildman–Crippen MR) is 75.1 cm³/mol. The van der Waals surface area contributed by atoms with Crippen LogP contribution in [-0.2, 0) is 15.7 Å². The molecule has 1 heterocycles. The van der Waals surface area contributed by atoms with Gasteiger partial charge in [0.05, 0.1) is 24.5 Å². The van der Waals surface area contributed by atoms with Gasteiger partial charge in [-0.2, -0.15) is 13.2 Å². The molecule has 0 spiro atoms. The molecule has 0 radical (unpaired) electrons. The number of amides is 1. The Bertz CT molecular complexity index is 542. The van der Waals surface area contributed by atoms with E-state index in [1.807, 2.05) is 0 Å². The molecule has 0 unspecified atom stereocenters. The number of thiocarbonyl (C=S) groups is 1. The number of morpholine rings is 1. The summed E-state index contributed by atoms with van der Waals surface area (Å²) in [6, 6.07) is 4.79. The Hall–Kier alpha value is -1.67. The number of nitrogens with one attached hydrogen (secondary N) is 1. The number of nitrogens with zero attached hydrogens (tertiary/aromatic N) is 1. The lowest BCUT2D eigenvalue weighted by Gasteiger charge is -2.28. The van der Waals surface area contributed by atoms with Crippen LogP contribution in [0.2, 0.25) is 0 Å². The number of para-hydroxylation sites is 1. The Labute approximate surface area is 124 Å². The van der Waals surface area contributed by atoms with E-state index in [1.165, 1.54) is 18.2 Å². The molecule has 21 heavy (non-hydrogen) atoms. The zero-order valence-corrected chi connectivity index (χ0v) is 11.8. The van der Waals surface area contributed by atoms with Crippen molar-refractivity contribution in [3.05, 3.63) is 29.8 Å². The molecule has 1 aromatic carbocycles. The first-order valence-corrected chi connectivity index (χ1v) is 6.64. The van der Waals surface area contributed by atoms with Gasteiger partial charge in [0.15, 0.2) is 4.99 Å². The number of hydrogen-bond donors (Lipinski definition) is 1. The molecule has 0 aromatic heterocycles. The van der Waals surface area contributed by atoms with Crippen LogP contribution >= 0.6 is 12.2 Å². The summed E-state index contributed by atoms with van der Waals surface area (Å²) in [5, 5.41) is 2.23. The van der Waals surface area contributed by atoms with Crippen LogP contribution in [0.1, 0.15) is 5.56 Å². The van der Waals surface area contributed by atoms with Gasteiger partial charge in [0.1, 0.15) is 0 Å². The van der Waals surface area contributed by atoms with Crippen molar-refractivity contribution in [3.63, 3.8) is 0 Å². The van der Waals surface area contributed by atoms with E-state index in [2.05, 4.69) is 5.32 Å². The molecule has 1 fully saturated rings. The van der Waals surface area contributed by atoms with Gasteiger partial charge in [-0.15, -0.1) is 0 Å². The van der Waals surface area contributed by atoms with Crippen LogP contribution in [0.3, 0.4) is 0 Å². The zero-order chi connectivity index (χ0) is 15.5. The molecule has 1 amide bonds. The van der Waals surface area contributed by atoms with Gasteiger partial charge in [-0.25, -0.2) is 0 Å². The summed E-state index contributed by atoms with van der Waals surface area (Å²) in [5.41, 5.74) is -1.20. The molecule has 1 saturated heterocycles. The minimum atomic E-state index is -4.54. The van der Waals surface area contributed by atoms with Crippen molar-refractivity contribution in [2.75, 3.05) is 31.6 Å². The van der Waals surface area contributed by atoms with Crippen LogP contribution in [0.5, 0.6) is 0 Å². The van der Waals surface area contributed by atoms with Gasteiger partial charge in [0.25, 0.3) is 5.91 Å². The summed E-state index contributed by atoms with van der Waals surface area (Å²) in [7, 11) is 0. The number of ether oxygens (including phenoxy) is 1. The van der Waals surface area contributed by atoms with Crippen molar-refractivity contribution < 1.29 is 22.7 Å². The lowest BCUT2D eigenvalue weighted by atomic mass is 10.1. The van der Waals surface area contributed by atoms with Crippen LogP contribution in [0.4, 0.5) is 18.9 Å². The molecule has 0 saturated carbocycles. The normalized spacial score (nSPS) is 15.7. The number of carbonyl (C=O) groups excluding carboxylic acids is 1. The number of anilines is 1. The molecule has 2 rings (SSSR count). The smallest absolute Gasteiger partial charge is 0.378 e. The van der Waals surface area contributed by atoms with Crippen molar-refractivity contribution in [1.82, 2.24) is 4.90 Å². The van der Waals surface area contributed by atoms with E-state index < -0.39 is 17.6 Å². The molecule has 0 atom stereocenters. The van der Waals surface area contributed by atoms with E-state index in [0.717, 1.165) is 6.07 Å². The third kappa shape index (κ3) is 3.92. The molecule has 114 valence electrons. The van der Waals surface area contributed by atoms with Gasteiger partial charge in [0, 0.05) is 13.1 Å². The van der Waals surface area contributed by atoms with Gasteiger partial charge in [-0.3, -0.25) is 4.79 Å². The number of alkyl halides is 3. The molecule has 1 aliphatic heterocycles. The lowest BCUT2D eigenvalue weighted by molar-refractivity contribution is -0.136. The highest BCUT2D eigenvalue weighted by molar-refractivity contribution is 7.82. The van der Waals surface area contributed by atoms with Gasteiger partial charge < -0.3 is 15.0 Å². The fourth-order valence-corrected chi connectivity index (χ4v) is 2.16. The monoisotopic (exact) mass is 318 g/mol. The maximum Gasteiger partial charge on any atom is 0.418 e. The van der Waals surface area contributed by atoms with Crippen molar-refractivity contribution in [1.29, 1.82) is 0 Å². The molecule has 4 nitrogen and oxygen atoms in total. The summed E-state index contributed by atoms with van der Waals surface area (Å²) in [4.78, 5) is 13.6. The van der Waals surface area contributed by atoms with Crippen LogP contribution < -0.4 is 5.32 Å². The summed E-state index contributed by atoms with van der Waals surface area (Å²) in [5.74, 6) is -0.719. The molecule has 0 bridgehead atoms. The second-order valence-corrected chi connectivity index (χ2v) is 4.79. The number of halogens is 3. The number of rotatable bonds is 1. The van der Waals surface area contributed by atoms with Gasteiger partial charge >= 0.3 is 6.18 Å². The van der Waals surface area contributed by atoms with Crippen molar-refractivity contribution in [2.45, 2.75) is 6.18 Å². The summed E-state index contributed by atoms with van der Waals surface area (Å²) >= 11 is 5.01. The number of benzene rings is 1. The van der Waals surface area contributed by atoms with Gasteiger partial charge in [-0.05, 0) is 12.1 Å². The molecule has 1 N–H and O–H groups in total. The second-order valence-electron chi connectivity index (χ2n) is 4.40. The molecular formula is C13H13F3N2O2S. The first-order chi connectivity index (χ1) is 9.89. The Morgan fingerprint density at radius 3 is 2.48 bits per heavy atom. The Kier molecular flexibility index (Phi) is 4.79. The molecule has 1 aliphatic rings. The molecule has 0 aliphatic carbocycles. The van der Waals surface area contributed by atoms with E-state index in [9.17, 15) is 18.0 Å². The fourth-order valence-electron chi connectivity index (χ4n) is 1.93. The largest absolute Gasteiger partial charge is 0.418 e. The Balaban J connectivity index is 2.11. The quantitative estimate of drug-likeness (QED) is 0.807. The highest BCUT2D eigenvalue weighted by atomic mass is 32.1. The third-order valence-electron chi connectivity index (χ3n) is 2.97. The van der Waals surface area contributed by atoms with Gasteiger partial charge in [-0.1, -0.05) is 24.4 Å². The predicted octanol–water partition coefficient (Wildman–Crippen LogP) is 2.30. The molecule has 1 aromatic rings. The average molecular weight is 318 g/mol. The topological polar surface area (TPSA) is 41.6 Å². The molecular weight excluding hydrogens is 305 g/mol. The van der Waals surface area contributed by atoms with Gasteiger partial charge in [0.2, 0.25) is 0 Å². The first kappa shape index (κ1) is 15.7. The van der Waals surface area contributed by atoms with Crippen LogP contribution in [0.15, 0.2) is 24.3 Å². The Morgan fingerprint density at radius 2 is 1.86 bits per heavy atom. The van der Waals surface area contributed by atoms with Crippen molar-refractivity contribution in [3.8, 4) is 0 Å². The van der Waals surface area contributed by atoms with E-state index in [0.29, 0.717) is 26.3 Å². The lowest BCUT2D eigenvalue weighted by Crippen LogP contribution is -2.45. The van der Waals surface area contributed by atoms with Crippen LogP contribution in [-0.4, -0.2) is 42.1 Å². The number of hydrogen-bond acceptors (Lipinski definition) is 3. The van der Waals surface area contributed by atoms with Crippen molar-refractivity contribution >= 4 is 28.8 Å². The maximum atomic E-state index is 12.8. The first-order valence-electron chi connectivity index (χ1n) is 6.24. The minimum Gasteiger partial charge on any atom is -0.378 e. The second kappa shape index (κ2) is 6.40. The minimum absolute atomic E-state index is 0.0322. The summed E-state index contributed by atoms with van der Waals surface area (Å²) in [6.45, 7) is 1.78. The average Bonchev–Trinajstić information content (AvgIpc) is 2.47. The highest BCUT2D eigenvalue weighted by Crippen LogP contribution is 2.34. The fraction of sp³-hybridized carbons (Fsp3) is 0.385. The standard InChI is InChI=1S/C13H13F3N2O2S/c14-13(15,16)9-3-1-2-4-10(9)17-11(19)12(21)18-5-7-20-8-6-18/h1-4H,5-8H2,(H,17,19). The Morgan fingerprint density at radius 1 is 1.24 bits per heavy atom. The SMILES string of the molecule is O=C(Nc1ccccc1C(F)(F)F)C(=S)N1CCOCC1. The van der Waals surface area contributed by atoms with Crippen LogP contribution in [0.25, 0.3) is 0 Å². The van der Waals surface area contributed by atoms with Crippen molar-refractivity contribution in [2.24, 2.45) is 0 Å².